The van der Waals surface area contributed by atoms with Crippen LogP contribution in [0.2, 0.25) is 0 Å². The van der Waals surface area contributed by atoms with Gasteiger partial charge in [0, 0.05) is 25.1 Å². The number of carbonyl (C=O) groups excluding carboxylic acids is 2. The van der Waals surface area contributed by atoms with Gasteiger partial charge < -0.3 is 19.7 Å². The van der Waals surface area contributed by atoms with Crippen LogP contribution in [0.25, 0.3) is 0 Å². The van der Waals surface area contributed by atoms with Gasteiger partial charge in [-0.15, -0.1) is 0 Å². The van der Waals surface area contributed by atoms with Gasteiger partial charge in [0.1, 0.15) is 5.75 Å². The molecular formula is C23H34N2O4. The number of unbranched alkanes of at least 4 members (excludes halogenated alkanes) is 1. The van der Waals surface area contributed by atoms with Crippen molar-refractivity contribution in [2.75, 3.05) is 20.3 Å². The minimum absolute atomic E-state index is 0.00194. The highest BCUT2D eigenvalue weighted by atomic mass is 16.5. The molecule has 0 aliphatic carbocycles. The van der Waals surface area contributed by atoms with E-state index in [-0.39, 0.29) is 35.9 Å². The maximum absolute atomic E-state index is 13.3. The molecule has 1 N–H and O–H groups in total. The molecular weight excluding hydrogens is 368 g/mol. The smallest absolute Gasteiger partial charge is 0.225 e. The number of benzene rings is 1. The van der Waals surface area contributed by atoms with E-state index < -0.39 is 0 Å². The number of likely N-dealkylation sites (tertiary alicyclic amines) is 1. The van der Waals surface area contributed by atoms with Crippen LogP contribution in [-0.4, -0.2) is 49.1 Å². The fourth-order valence-corrected chi connectivity index (χ4v) is 4.54. The minimum atomic E-state index is -0.310. The lowest BCUT2D eigenvalue weighted by Gasteiger charge is -2.41. The maximum atomic E-state index is 13.3. The van der Waals surface area contributed by atoms with Gasteiger partial charge in [0.15, 0.2) is 0 Å². The Balaban J connectivity index is 1.88. The second-order valence-electron chi connectivity index (χ2n) is 8.12. The van der Waals surface area contributed by atoms with Crippen molar-refractivity contribution < 1.29 is 19.1 Å². The Morgan fingerprint density at radius 1 is 1.34 bits per heavy atom. The molecule has 0 aromatic heterocycles. The summed E-state index contributed by atoms with van der Waals surface area (Å²) in [7, 11) is 1.63. The number of nitrogens with one attached hydrogen (secondary N) is 1. The summed E-state index contributed by atoms with van der Waals surface area (Å²) in [6.45, 7) is 5.54. The lowest BCUT2D eigenvalue weighted by Crippen LogP contribution is -2.51. The molecule has 6 heteroatoms. The lowest BCUT2D eigenvalue weighted by molar-refractivity contribution is -0.144. The molecule has 2 saturated heterocycles. The van der Waals surface area contributed by atoms with Crippen LogP contribution in [0.15, 0.2) is 24.3 Å². The van der Waals surface area contributed by atoms with E-state index in [9.17, 15) is 9.59 Å². The first-order valence-electron chi connectivity index (χ1n) is 10.9. The molecule has 2 amide bonds. The number of carbonyl (C=O) groups is 2. The Bertz CT molecular complexity index is 702. The second kappa shape index (κ2) is 10.1. The van der Waals surface area contributed by atoms with Crippen molar-refractivity contribution in [2.24, 2.45) is 5.92 Å². The highest BCUT2D eigenvalue weighted by molar-refractivity contribution is 5.85. The molecule has 2 aliphatic rings. The maximum Gasteiger partial charge on any atom is 0.225 e. The van der Waals surface area contributed by atoms with E-state index >= 15 is 0 Å². The fourth-order valence-electron chi connectivity index (χ4n) is 4.54. The van der Waals surface area contributed by atoms with E-state index in [2.05, 4.69) is 12.2 Å². The number of hydrogen-bond donors (Lipinski definition) is 1. The summed E-state index contributed by atoms with van der Waals surface area (Å²) in [5.74, 6) is 0.534. The number of hydrogen-bond acceptors (Lipinski definition) is 4. The number of amides is 2. The highest BCUT2D eigenvalue weighted by Gasteiger charge is 2.42. The van der Waals surface area contributed by atoms with Crippen LogP contribution in [0.1, 0.15) is 64.0 Å². The van der Waals surface area contributed by atoms with Crippen molar-refractivity contribution in [1.29, 1.82) is 0 Å². The predicted molar refractivity (Wildman–Crippen MR) is 112 cm³/mol. The van der Waals surface area contributed by atoms with E-state index in [1.54, 1.807) is 7.11 Å². The number of methoxy groups -OCH3 is 1. The van der Waals surface area contributed by atoms with Gasteiger partial charge in [-0.05, 0) is 38.7 Å². The summed E-state index contributed by atoms with van der Waals surface area (Å²) in [6.07, 6.45) is 4.95. The zero-order chi connectivity index (χ0) is 20.8. The third kappa shape index (κ3) is 4.92. The summed E-state index contributed by atoms with van der Waals surface area (Å²) in [4.78, 5) is 28.0. The zero-order valence-electron chi connectivity index (χ0n) is 17.9. The summed E-state index contributed by atoms with van der Waals surface area (Å²) in [5, 5.41) is 3.18. The summed E-state index contributed by atoms with van der Waals surface area (Å²) in [5.41, 5.74) is 0.907. The average Bonchev–Trinajstić information content (AvgIpc) is 3.27. The van der Waals surface area contributed by atoms with Crippen LogP contribution in [-0.2, 0) is 14.3 Å². The van der Waals surface area contributed by atoms with Crippen molar-refractivity contribution in [3.05, 3.63) is 29.8 Å². The molecule has 160 valence electrons. The molecule has 0 spiro atoms. The third-order valence-corrected chi connectivity index (χ3v) is 6.15. The molecule has 6 nitrogen and oxygen atoms in total. The third-order valence-electron chi connectivity index (χ3n) is 6.15. The normalized spacial score (nSPS) is 25.7. The average molecular weight is 403 g/mol. The van der Waals surface area contributed by atoms with Gasteiger partial charge >= 0.3 is 0 Å². The monoisotopic (exact) mass is 402 g/mol. The fraction of sp³-hybridized carbons (Fsp3) is 0.652. The molecule has 2 fully saturated rings. The first-order chi connectivity index (χ1) is 14.1. The Morgan fingerprint density at radius 3 is 2.83 bits per heavy atom. The number of ether oxygens (including phenoxy) is 2. The number of para-hydroxylation sites is 1. The molecule has 4 unspecified atom stereocenters. The van der Waals surface area contributed by atoms with Gasteiger partial charge in [-0.2, -0.15) is 0 Å². The molecule has 0 saturated carbocycles. The zero-order valence-corrected chi connectivity index (χ0v) is 17.9. The van der Waals surface area contributed by atoms with Crippen LogP contribution < -0.4 is 10.1 Å². The lowest BCUT2D eigenvalue weighted by atomic mass is 9.82. The summed E-state index contributed by atoms with van der Waals surface area (Å²) in [6, 6.07) is 7.39. The van der Waals surface area contributed by atoms with Gasteiger partial charge in [0.25, 0.3) is 0 Å². The standard InChI is InChI=1S/C23H34N2O4/c1-4-5-14-25-21(26)13-12-18(22(25)17-9-6-7-10-20(17)28-3)23(27)24-16(2)19-11-8-15-29-19/h6-7,9-10,16,18-19,22H,4-5,8,11-15H2,1-3H3,(H,24,27). The van der Waals surface area contributed by atoms with Gasteiger partial charge in [0.05, 0.1) is 31.2 Å². The van der Waals surface area contributed by atoms with E-state index in [4.69, 9.17) is 9.47 Å². The summed E-state index contributed by atoms with van der Waals surface area (Å²) < 4.78 is 11.3. The van der Waals surface area contributed by atoms with E-state index in [1.807, 2.05) is 36.1 Å². The van der Waals surface area contributed by atoms with E-state index in [1.165, 1.54) is 0 Å². The first-order valence-corrected chi connectivity index (χ1v) is 10.9. The van der Waals surface area contributed by atoms with Crippen molar-refractivity contribution in [3.63, 3.8) is 0 Å². The van der Waals surface area contributed by atoms with Crippen molar-refractivity contribution >= 4 is 11.8 Å². The van der Waals surface area contributed by atoms with Gasteiger partial charge in [0.2, 0.25) is 11.8 Å². The van der Waals surface area contributed by atoms with Crippen LogP contribution >= 0.6 is 0 Å². The largest absolute Gasteiger partial charge is 0.496 e. The Hall–Kier alpha value is -2.08. The van der Waals surface area contributed by atoms with Crippen LogP contribution in [0.5, 0.6) is 5.75 Å². The molecule has 1 aromatic rings. The quantitative estimate of drug-likeness (QED) is 0.723. The van der Waals surface area contributed by atoms with Crippen molar-refractivity contribution in [2.45, 2.75) is 70.6 Å². The molecule has 0 bridgehead atoms. The topological polar surface area (TPSA) is 67.9 Å². The van der Waals surface area contributed by atoms with Gasteiger partial charge in [-0.1, -0.05) is 31.5 Å². The van der Waals surface area contributed by atoms with Crippen molar-refractivity contribution in [1.82, 2.24) is 10.2 Å². The molecule has 1 aromatic carbocycles. The molecule has 29 heavy (non-hydrogen) atoms. The molecule has 0 radical (unpaired) electrons. The van der Waals surface area contributed by atoms with Gasteiger partial charge in [-0.3, -0.25) is 9.59 Å². The van der Waals surface area contributed by atoms with Crippen LogP contribution in [0.4, 0.5) is 0 Å². The summed E-state index contributed by atoms with van der Waals surface area (Å²) >= 11 is 0. The Labute approximate surface area is 173 Å². The van der Waals surface area contributed by atoms with Crippen molar-refractivity contribution in [3.8, 4) is 5.75 Å². The Kier molecular flexibility index (Phi) is 7.53. The predicted octanol–water partition coefficient (Wildman–Crippen LogP) is 3.46. The number of rotatable bonds is 8. The molecule has 3 rings (SSSR count). The Morgan fingerprint density at radius 2 is 2.14 bits per heavy atom. The van der Waals surface area contributed by atoms with E-state index in [0.29, 0.717) is 19.4 Å². The van der Waals surface area contributed by atoms with Gasteiger partial charge in [-0.25, -0.2) is 0 Å². The molecule has 2 aliphatic heterocycles. The SMILES string of the molecule is CCCCN1C(=O)CCC(C(=O)NC(C)C2CCCO2)C1c1ccccc1OC. The number of piperidine rings is 1. The minimum Gasteiger partial charge on any atom is -0.496 e. The van der Waals surface area contributed by atoms with E-state index in [0.717, 1.165) is 43.6 Å². The number of nitrogens with zero attached hydrogens (tertiary/aromatic N) is 1. The second-order valence-corrected chi connectivity index (χ2v) is 8.12. The molecule has 2 heterocycles. The van der Waals surface area contributed by atoms with Crippen LogP contribution in [0, 0.1) is 5.92 Å². The molecule has 4 atom stereocenters. The van der Waals surface area contributed by atoms with Crippen LogP contribution in [0.3, 0.4) is 0 Å². The first kappa shape index (κ1) is 21.6. The highest BCUT2D eigenvalue weighted by Crippen LogP contribution is 2.41.